The van der Waals surface area contributed by atoms with Gasteiger partial charge in [-0.3, -0.25) is 0 Å². The molecule has 5 nitrogen and oxygen atoms in total. The van der Waals surface area contributed by atoms with E-state index < -0.39 is 5.60 Å². The third-order valence-corrected chi connectivity index (χ3v) is 4.54. The highest BCUT2D eigenvalue weighted by Gasteiger charge is 2.28. The molecule has 1 saturated heterocycles. The zero-order valence-corrected chi connectivity index (χ0v) is 16.4. The molecule has 0 spiro atoms. The molecule has 0 N–H and O–H groups in total. The lowest BCUT2D eigenvalue weighted by Gasteiger charge is -2.33. The molecule has 3 rings (SSSR count). The summed E-state index contributed by atoms with van der Waals surface area (Å²) in [5, 5.41) is 0. The zero-order chi connectivity index (χ0) is 19.3. The number of ether oxygens (including phenoxy) is 2. The van der Waals surface area contributed by atoms with Gasteiger partial charge in [-0.2, -0.15) is 0 Å². The topological polar surface area (TPSA) is 51.7 Å². The number of pyridine rings is 1. The molecule has 0 saturated carbocycles. The maximum atomic E-state index is 12.2. The average Bonchev–Trinajstić information content (AvgIpc) is 2.66. The van der Waals surface area contributed by atoms with Crippen LogP contribution in [0.1, 0.15) is 50.8 Å². The fourth-order valence-corrected chi connectivity index (χ4v) is 3.15. The minimum absolute atomic E-state index is 0.228. The molecule has 0 unspecified atom stereocenters. The largest absolute Gasteiger partial charge is 0.473 e. The van der Waals surface area contributed by atoms with E-state index in [-0.39, 0.29) is 6.09 Å². The molecular weight excluding hydrogens is 340 g/mol. The lowest BCUT2D eigenvalue weighted by molar-refractivity contribution is 0.0204. The number of likely N-dealkylation sites (tertiary alicyclic amines) is 1. The molecule has 1 amide bonds. The number of hydrogen-bond acceptors (Lipinski definition) is 4. The number of aromatic nitrogens is 1. The van der Waals surface area contributed by atoms with Crippen molar-refractivity contribution < 1.29 is 14.3 Å². The first-order valence-electron chi connectivity index (χ1n) is 9.52. The Labute approximate surface area is 161 Å². The summed E-state index contributed by atoms with van der Waals surface area (Å²) >= 11 is 0. The lowest BCUT2D eigenvalue weighted by atomic mass is 9.93. The summed E-state index contributed by atoms with van der Waals surface area (Å²) in [6.07, 6.45) is 1.54. The van der Waals surface area contributed by atoms with Crippen LogP contribution >= 0.6 is 0 Å². The Hall–Kier alpha value is -2.56. The van der Waals surface area contributed by atoms with Gasteiger partial charge in [-0.1, -0.05) is 36.4 Å². The highest BCUT2D eigenvalue weighted by molar-refractivity contribution is 5.68. The Bertz CT molecular complexity index is 748. The predicted octanol–water partition coefficient (Wildman–Crippen LogP) is 4.78. The Kier molecular flexibility index (Phi) is 5.99. The van der Waals surface area contributed by atoms with Crippen molar-refractivity contribution in [1.29, 1.82) is 0 Å². The summed E-state index contributed by atoms with van der Waals surface area (Å²) in [5.74, 6) is 0.981. The van der Waals surface area contributed by atoms with Crippen molar-refractivity contribution in [3.63, 3.8) is 0 Å². The normalized spacial score (nSPS) is 15.4. The Morgan fingerprint density at radius 2 is 1.78 bits per heavy atom. The summed E-state index contributed by atoms with van der Waals surface area (Å²) in [4.78, 5) is 18.7. The molecule has 27 heavy (non-hydrogen) atoms. The van der Waals surface area contributed by atoms with Gasteiger partial charge in [0.15, 0.2) is 0 Å². The van der Waals surface area contributed by atoms with Crippen molar-refractivity contribution in [3.05, 3.63) is 59.8 Å². The van der Waals surface area contributed by atoms with Crippen LogP contribution in [-0.4, -0.2) is 34.7 Å². The quantitative estimate of drug-likeness (QED) is 0.780. The second-order valence-electron chi connectivity index (χ2n) is 7.92. The molecule has 1 aromatic carbocycles. The van der Waals surface area contributed by atoms with E-state index in [4.69, 9.17) is 9.47 Å². The molecule has 5 heteroatoms. The standard InChI is InChI=1S/C22H28N2O3/c1-22(2,3)27-21(25)24-14-12-18(13-15-24)19-10-7-11-20(23-19)26-16-17-8-5-4-6-9-17/h4-11,18H,12-16H2,1-3H3. The van der Waals surface area contributed by atoms with E-state index in [1.807, 2.05) is 69.3 Å². The summed E-state index contributed by atoms with van der Waals surface area (Å²) in [6.45, 7) is 7.56. The third-order valence-electron chi connectivity index (χ3n) is 4.54. The molecule has 2 heterocycles. The summed E-state index contributed by atoms with van der Waals surface area (Å²) in [6, 6.07) is 16.0. The monoisotopic (exact) mass is 368 g/mol. The number of carbonyl (C=O) groups is 1. The number of benzene rings is 1. The van der Waals surface area contributed by atoms with Crippen LogP contribution < -0.4 is 4.74 Å². The van der Waals surface area contributed by atoms with Crippen molar-refractivity contribution in [1.82, 2.24) is 9.88 Å². The van der Waals surface area contributed by atoms with Crippen LogP contribution in [0.15, 0.2) is 48.5 Å². The van der Waals surface area contributed by atoms with Crippen LogP contribution in [0.3, 0.4) is 0 Å². The van der Waals surface area contributed by atoms with E-state index in [9.17, 15) is 4.79 Å². The molecule has 0 radical (unpaired) electrons. The van der Waals surface area contributed by atoms with E-state index in [0.29, 0.717) is 31.5 Å². The molecule has 0 bridgehead atoms. The van der Waals surface area contributed by atoms with Gasteiger partial charge in [-0.25, -0.2) is 9.78 Å². The molecule has 1 aromatic heterocycles. The van der Waals surface area contributed by atoms with Crippen LogP contribution in [-0.2, 0) is 11.3 Å². The highest BCUT2D eigenvalue weighted by atomic mass is 16.6. The Balaban J connectivity index is 1.54. The van der Waals surface area contributed by atoms with Crippen LogP contribution in [0.25, 0.3) is 0 Å². The van der Waals surface area contributed by atoms with E-state index in [2.05, 4.69) is 4.98 Å². The van der Waals surface area contributed by atoms with E-state index >= 15 is 0 Å². The Morgan fingerprint density at radius 1 is 1.07 bits per heavy atom. The van der Waals surface area contributed by atoms with Gasteiger partial charge in [0.2, 0.25) is 5.88 Å². The first-order chi connectivity index (χ1) is 12.9. The molecule has 144 valence electrons. The van der Waals surface area contributed by atoms with Gasteiger partial charge in [0, 0.05) is 30.8 Å². The van der Waals surface area contributed by atoms with Gasteiger partial charge in [0.25, 0.3) is 0 Å². The number of rotatable bonds is 4. The Morgan fingerprint density at radius 3 is 2.44 bits per heavy atom. The second-order valence-corrected chi connectivity index (χ2v) is 7.92. The minimum Gasteiger partial charge on any atom is -0.473 e. The van der Waals surface area contributed by atoms with Crippen molar-refractivity contribution in [2.24, 2.45) is 0 Å². The van der Waals surface area contributed by atoms with Crippen LogP contribution in [0, 0.1) is 0 Å². The number of nitrogens with zero attached hydrogens (tertiary/aromatic N) is 2. The maximum Gasteiger partial charge on any atom is 0.410 e. The maximum absolute atomic E-state index is 12.2. The van der Waals surface area contributed by atoms with Crippen LogP contribution in [0.2, 0.25) is 0 Å². The number of amides is 1. The van der Waals surface area contributed by atoms with E-state index in [0.717, 1.165) is 24.1 Å². The van der Waals surface area contributed by atoms with Crippen molar-refractivity contribution in [2.45, 2.75) is 51.7 Å². The first kappa shape index (κ1) is 19.2. The lowest BCUT2D eigenvalue weighted by Crippen LogP contribution is -2.41. The fraction of sp³-hybridized carbons (Fsp3) is 0.455. The molecule has 0 atom stereocenters. The minimum atomic E-state index is -0.458. The molecule has 0 aliphatic carbocycles. The van der Waals surface area contributed by atoms with Crippen molar-refractivity contribution in [3.8, 4) is 5.88 Å². The zero-order valence-electron chi connectivity index (χ0n) is 16.4. The van der Waals surface area contributed by atoms with Crippen LogP contribution in [0.5, 0.6) is 5.88 Å². The SMILES string of the molecule is CC(C)(C)OC(=O)N1CCC(c2cccc(OCc3ccccc3)n2)CC1. The average molecular weight is 368 g/mol. The molecule has 1 aliphatic rings. The molecular formula is C22H28N2O3. The second kappa shape index (κ2) is 8.42. The fourth-order valence-electron chi connectivity index (χ4n) is 3.15. The van der Waals surface area contributed by atoms with Gasteiger partial charge in [0.1, 0.15) is 12.2 Å². The molecule has 2 aromatic rings. The summed E-state index contributed by atoms with van der Waals surface area (Å²) in [7, 11) is 0. The summed E-state index contributed by atoms with van der Waals surface area (Å²) in [5.41, 5.74) is 1.69. The summed E-state index contributed by atoms with van der Waals surface area (Å²) < 4.78 is 11.3. The third kappa shape index (κ3) is 5.71. The predicted molar refractivity (Wildman–Crippen MR) is 105 cm³/mol. The number of hydrogen-bond donors (Lipinski definition) is 0. The number of piperidine rings is 1. The highest BCUT2D eigenvalue weighted by Crippen LogP contribution is 2.28. The van der Waals surface area contributed by atoms with Gasteiger partial charge in [-0.15, -0.1) is 0 Å². The molecule has 1 fully saturated rings. The smallest absolute Gasteiger partial charge is 0.410 e. The van der Waals surface area contributed by atoms with Gasteiger partial charge in [-0.05, 0) is 45.2 Å². The van der Waals surface area contributed by atoms with Crippen molar-refractivity contribution >= 4 is 6.09 Å². The van der Waals surface area contributed by atoms with Crippen LogP contribution in [0.4, 0.5) is 4.79 Å². The first-order valence-corrected chi connectivity index (χ1v) is 9.52. The van der Waals surface area contributed by atoms with E-state index in [1.165, 1.54) is 0 Å². The van der Waals surface area contributed by atoms with E-state index in [1.54, 1.807) is 4.90 Å². The van der Waals surface area contributed by atoms with Gasteiger partial charge >= 0.3 is 6.09 Å². The van der Waals surface area contributed by atoms with Gasteiger partial charge in [0.05, 0.1) is 0 Å². The molecule has 1 aliphatic heterocycles. The van der Waals surface area contributed by atoms with Gasteiger partial charge < -0.3 is 14.4 Å². The number of carbonyl (C=O) groups excluding carboxylic acids is 1. The van der Waals surface area contributed by atoms with Crippen molar-refractivity contribution in [2.75, 3.05) is 13.1 Å².